The van der Waals surface area contributed by atoms with Gasteiger partial charge in [-0.05, 0) is 38.5 Å². The summed E-state index contributed by atoms with van der Waals surface area (Å²) < 4.78 is 99.6. The number of allylic oxidation sites excluding steroid dienone is 2. The first-order chi connectivity index (χ1) is 23.1. The van der Waals surface area contributed by atoms with Crippen molar-refractivity contribution in [3.05, 3.63) is 24.3 Å². The van der Waals surface area contributed by atoms with E-state index in [0.717, 1.165) is 25.7 Å². The second-order valence-corrected chi connectivity index (χ2v) is 14.8. The maximum Gasteiger partial charge on any atom is 1.00 e. The number of ether oxygens (including phenoxy) is 6. The van der Waals surface area contributed by atoms with Gasteiger partial charge >= 0.3 is 59.1 Å². The molecule has 2 atom stereocenters. The smallest absolute Gasteiger partial charge is 0.748 e. The maximum atomic E-state index is 10.9. The fraction of sp³-hybridized carbons (Fsp3) is 0.882. The van der Waals surface area contributed by atoms with E-state index in [1.807, 2.05) is 12.2 Å². The molecule has 50 heavy (non-hydrogen) atoms. The molecule has 0 saturated heterocycles. The van der Waals surface area contributed by atoms with Gasteiger partial charge in [0.15, 0.2) is 0 Å². The first kappa shape index (κ1) is 55.4. The molecule has 0 aromatic heterocycles. The Kier molecular flexibility index (Phi) is 44.0. The van der Waals surface area contributed by atoms with Crippen molar-refractivity contribution in [2.75, 3.05) is 77.6 Å². The first-order valence-corrected chi connectivity index (χ1v) is 20.9. The van der Waals surface area contributed by atoms with Gasteiger partial charge in [0.05, 0.1) is 73.1 Å². The quantitative estimate of drug-likeness (QED) is 0.0345. The third-order valence-corrected chi connectivity index (χ3v) is 8.66. The molecule has 0 aliphatic carbocycles. The van der Waals surface area contributed by atoms with Gasteiger partial charge in [-0.1, -0.05) is 89.5 Å². The summed E-state index contributed by atoms with van der Waals surface area (Å²) in [5, 5.41) is 0. The van der Waals surface area contributed by atoms with Crippen LogP contribution < -0.4 is 59.1 Å². The SMILES string of the molecule is CCCCCCC/C=C\COCC(COCCOCC(COC/C=C\CCCCCCC)OCCCS(=O)(=O)[O-])OCCCS(=O)(=O)[O-].[Na+].[Na+]. The van der Waals surface area contributed by atoms with Crippen LogP contribution in [-0.4, -0.2) is 116 Å². The molecule has 0 radical (unpaired) electrons. The minimum absolute atomic E-state index is 0. The van der Waals surface area contributed by atoms with E-state index >= 15 is 0 Å². The molecular formula is C34H64Na2O12S2. The largest absolute Gasteiger partial charge is 1.00 e. The first-order valence-electron chi connectivity index (χ1n) is 17.8. The number of rotatable bonds is 37. The maximum absolute atomic E-state index is 10.9. The van der Waals surface area contributed by atoms with Crippen molar-refractivity contribution in [1.82, 2.24) is 0 Å². The minimum atomic E-state index is -4.30. The predicted octanol–water partition coefficient (Wildman–Crippen LogP) is -0.465. The van der Waals surface area contributed by atoms with E-state index in [9.17, 15) is 25.9 Å². The van der Waals surface area contributed by atoms with E-state index in [1.165, 1.54) is 51.4 Å². The van der Waals surface area contributed by atoms with Crippen molar-refractivity contribution in [3.63, 3.8) is 0 Å². The van der Waals surface area contributed by atoms with Crippen LogP contribution in [0.2, 0.25) is 0 Å². The average molecular weight is 775 g/mol. The summed E-state index contributed by atoms with van der Waals surface area (Å²) in [6.07, 6.45) is 21.7. The fourth-order valence-electron chi connectivity index (χ4n) is 4.45. The van der Waals surface area contributed by atoms with Crippen LogP contribution in [0.15, 0.2) is 24.3 Å². The molecular weight excluding hydrogens is 710 g/mol. The van der Waals surface area contributed by atoms with Crippen molar-refractivity contribution >= 4 is 20.2 Å². The summed E-state index contributed by atoms with van der Waals surface area (Å²) in [6.45, 7) is 6.76. The Labute approximate surface area is 348 Å². The summed E-state index contributed by atoms with van der Waals surface area (Å²) in [4.78, 5) is 0. The molecule has 0 aromatic carbocycles. The summed E-state index contributed by atoms with van der Waals surface area (Å²) in [5.74, 6) is -0.989. The van der Waals surface area contributed by atoms with E-state index in [2.05, 4.69) is 26.0 Å². The van der Waals surface area contributed by atoms with Crippen LogP contribution in [0.3, 0.4) is 0 Å². The molecule has 0 fully saturated rings. The molecule has 0 aliphatic heterocycles. The molecule has 0 aromatic rings. The third kappa shape index (κ3) is 45.2. The molecule has 12 nitrogen and oxygen atoms in total. The number of hydrogen-bond donors (Lipinski definition) is 0. The molecule has 0 rings (SSSR count). The molecule has 0 bridgehead atoms. The van der Waals surface area contributed by atoms with Gasteiger partial charge in [-0.25, -0.2) is 16.8 Å². The second-order valence-electron chi connectivity index (χ2n) is 11.8. The standard InChI is InChI=1S/C34H66O12S2.2Na/c1-3-5-7-9-11-13-15-17-21-41-29-33(45-23-19-27-47(35,36)37)31-43-25-26-44-32-34(46-24-20-28-48(38,39)40)30-42-22-18-16-14-12-10-8-6-4-2;;/h15-18,33-34H,3-14,19-32H2,1-2H3,(H,35,36,37)(H,38,39,40);;/q;2*+1/p-2/b17-15-,18-16-;;. The Morgan fingerprint density at radius 3 is 1.20 bits per heavy atom. The van der Waals surface area contributed by atoms with E-state index in [4.69, 9.17) is 28.4 Å². The summed E-state index contributed by atoms with van der Waals surface area (Å²) in [5.41, 5.74) is 0. The van der Waals surface area contributed by atoms with Gasteiger partial charge in [0, 0.05) is 24.7 Å². The van der Waals surface area contributed by atoms with E-state index in [1.54, 1.807) is 0 Å². The molecule has 0 saturated carbocycles. The van der Waals surface area contributed by atoms with E-state index < -0.39 is 43.9 Å². The van der Waals surface area contributed by atoms with Crippen LogP contribution in [0.5, 0.6) is 0 Å². The summed E-state index contributed by atoms with van der Waals surface area (Å²) >= 11 is 0. The van der Waals surface area contributed by atoms with Crippen molar-refractivity contribution < 1.29 is 113 Å². The molecule has 16 heteroatoms. The Balaban J connectivity index is -0.0000110. The molecule has 286 valence electrons. The number of unbranched alkanes of at least 4 members (excludes halogenated alkanes) is 10. The normalized spacial score (nSPS) is 13.4. The van der Waals surface area contributed by atoms with Gasteiger partial charge < -0.3 is 37.5 Å². The van der Waals surface area contributed by atoms with E-state index in [0.29, 0.717) is 13.2 Å². The second kappa shape index (κ2) is 39.7. The molecule has 0 N–H and O–H groups in total. The van der Waals surface area contributed by atoms with Crippen LogP contribution >= 0.6 is 0 Å². The zero-order valence-electron chi connectivity index (χ0n) is 31.6. The molecule has 0 amide bonds. The van der Waals surface area contributed by atoms with Crippen LogP contribution in [0.25, 0.3) is 0 Å². The van der Waals surface area contributed by atoms with Crippen molar-refractivity contribution in [2.24, 2.45) is 0 Å². The number of hydrogen-bond acceptors (Lipinski definition) is 12. The zero-order chi connectivity index (χ0) is 35.6. The topological polar surface area (TPSA) is 170 Å². The summed E-state index contributed by atoms with van der Waals surface area (Å²) in [6, 6.07) is 0. The molecule has 0 aliphatic rings. The Morgan fingerprint density at radius 1 is 0.480 bits per heavy atom. The van der Waals surface area contributed by atoms with Crippen LogP contribution in [0.1, 0.15) is 104 Å². The summed E-state index contributed by atoms with van der Waals surface area (Å²) in [7, 11) is -8.61. The van der Waals surface area contributed by atoms with Crippen LogP contribution in [-0.2, 0) is 48.7 Å². The van der Waals surface area contributed by atoms with E-state index in [-0.39, 0.29) is 125 Å². The fourth-order valence-corrected chi connectivity index (χ4v) is 5.39. The average Bonchev–Trinajstić information content (AvgIpc) is 3.02. The third-order valence-electron chi connectivity index (χ3n) is 7.08. The van der Waals surface area contributed by atoms with Crippen molar-refractivity contribution in [3.8, 4) is 0 Å². The molecule has 2 unspecified atom stereocenters. The Hall–Kier alpha value is 1.06. The van der Waals surface area contributed by atoms with Gasteiger partial charge in [0.25, 0.3) is 0 Å². The van der Waals surface area contributed by atoms with Crippen molar-refractivity contribution in [1.29, 1.82) is 0 Å². The Bertz CT molecular complexity index is 905. The minimum Gasteiger partial charge on any atom is -0.748 e. The van der Waals surface area contributed by atoms with Crippen LogP contribution in [0.4, 0.5) is 0 Å². The van der Waals surface area contributed by atoms with Crippen molar-refractivity contribution in [2.45, 2.75) is 116 Å². The van der Waals surface area contributed by atoms with Gasteiger partial charge in [-0.2, -0.15) is 0 Å². The van der Waals surface area contributed by atoms with Gasteiger partial charge in [-0.15, -0.1) is 0 Å². The van der Waals surface area contributed by atoms with Gasteiger partial charge in [0.2, 0.25) is 0 Å². The van der Waals surface area contributed by atoms with Gasteiger partial charge in [-0.3, -0.25) is 0 Å². The Morgan fingerprint density at radius 2 is 0.840 bits per heavy atom. The molecule has 0 heterocycles. The molecule has 0 spiro atoms. The van der Waals surface area contributed by atoms with Crippen LogP contribution in [0, 0.1) is 0 Å². The zero-order valence-corrected chi connectivity index (χ0v) is 37.2. The predicted molar refractivity (Wildman–Crippen MR) is 186 cm³/mol. The van der Waals surface area contributed by atoms with Gasteiger partial charge in [0.1, 0.15) is 12.2 Å². The monoisotopic (exact) mass is 774 g/mol.